The molecule has 0 spiro atoms. The highest BCUT2D eigenvalue weighted by molar-refractivity contribution is 7.94. The van der Waals surface area contributed by atoms with Gasteiger partial charge in [0.1, 0.15) is 0 Å². The quantitative estimate of drug-likeness (QED) is 0.854. The SMILES string of the molecule is C[C@@H]1CS(=O)(=O)N(c2cccc(C(=O)Nc3ccc(C(C)(C)C)cc3)c2)C1=O. The van der Waals surface area contributed by atoms with Crippen LogP contribution in [0.5, 0.6) is 0 Å². The van der Waals surface area contributed by atoms with Crippen LogP contribution in [0.3, 0.4) is 0 Å². The first-order chi connectivity index (χ1) is 13.0. The van der Waals surface area contributed by atoms with E-state index in [1.165, 1.54) is 12.1 Å². The third-order valence-corrected chi connectivity index (χ3v) is 6.58. The molecular formula is C21H24N2O4S. The highest BCUT2D eigenvalue weighted by atomic mass is 32.2. The predicted octanol–water partition coefficient (Wildman–Crippen LogP) is 3.55. The zero-order valence-corrected chi connectivity index (χ0v) is 17.2. The molecule has 0 radical (unpaired) electrons. The Balaban J connectivity index is 1.82. The molecule has 0 aromatic heterocycles. The van der Waals surface area contributed by atoms with Crippen molar-refractivity contribution in [3.8, 4) is 0 Å². The first kappa shape index (κ1) is 20.1. The van der Waals surface area contributed by atoms with E-state index in [0.717, 1.165) is 9.87 Å². The molecule has 0 bridgehead atoms. The van der Waals surface area contributed by atoms with Crippen molar-refractivity contribution in [3.05, 3.63) is 59.7 Å². The Morgan fingerprint density at radius 3 is 2.29 bits per heavy atom. The number of hydrogen-bond donors (Lipinski definition) is 1. The summed E-state index contributed by atoms with van der Waals surface area (Å²) in [6.45, 7) is 7.92. The van der Waals surface area contributed by atoms with Crippen LogP contribution < -0.4 is 9.62 Å². The maximum absolute atomic E-state index is 12.6. The lowest BCUT2D eigenvalue weighted by atomic mass is 9.87. The van der Waals surface area contributed by atoms with E-state index in [4.69, 9.17) is 0 Å². The fraction of sp³-hybridized carbons (Fsp3) is 0.333. The molecule has 2 aromatic rings. The van der Waals surface area contributed by atoms with Gasteiger partial charge in [-0.05, 0) is 41.3 Å². The molecule has 0 unspecified atom stereocenters. The summed E-state index contributed by atoms with van der Waals surface area (Å²) in [5, 5.41) is 2.80. The number of hydrogen-bond acceptors (Lipinski definition) is 4. The molecule has 0 saturated carbocycles. The van der Waals surface area contributed by atoms with Crippen molar-refractivity contribution >= 4 is 33.2 Å². The third kappa shape index (κ3) is 3.94. The fourth-order valence-electron chi connectivity index (χ4n) is 3.12. The number of amides is 2. The molecule has 6 nitrogen and oxygen atoms in total. The van der Waals surface area contributed by atoms with E-state index >= 15 is 0 Å². The number of benzene rings is 2. The van der Waals surface area contributed by atoms with Gasteiger partial charge in [0.15, 0.2) is 0 Å². The van der Waals surface area contributed by atoms with Gasteiger partial charge in [0.25, 0.3) is 5.91 Å². The Labute approximate surface area is 165 Å². The normalized spacial score (nSPS) is 18.9. The minimum Gasteiger partial charge on any atom is -0.322 e. The summed E-state index contributed by atoms with van der Waals surface area (Å²) in [5.74, 6) is -1.66. The minimum absolute atomic E-state index is 0.0156. The van der Waals surface area contributed by atoms with Gasteiger partial charge in [0, 0.05) is 11.3 Å². The lowest BCUT2D eigenvalue weighted by molar-refractivity contribution is -0.119. The van der Waals surface area contributed by atoms with E-state index in [2.05, 4.69) is 26.1 Å². The van der Waals surface area contributed by atoms with Gasteiger partial charge >= 0.3 is 0 Å². The fourth-order valence-corrected chi connectivity index (χ4v) is 4.93. The van der Waals surface area contributed by atoms with E-state index in [0.29, 0.717) is 5.69 Å². The molecule has 1 atom stereocenters. The van der Waals surface area contributed by atoms with Crippen LogP contribution in [0.25, 0.3) is 0 Å². The molecule has 1 heterocycles. The summed E-state index contributed by atoms with van der Waals surface area (Å²) in [5.41, 5.74) is 2.27. The summed E-state index contributed by atoms with van der Waals surface area (Å²) in [6, 6.07) is 13.7. The van der Waals surface area contributed by atoms with Crippen LogP contribution in [0.4, 0.5) is 11.4 Å². The van der Waals surface area contributed by atoms with Gasteiger partial charge in [-0.15, -0.1) is 0 Å². The second-order valence-corrected chi connectivity index (χ2v) is 9.98. The van der Waals surface area contributed by atoms with Crippen LogP contribution in [0.2, 0.25) is 0 Å². The van der Waals surface area contributed by atoms with Gasteiger partial charge in [-0.1, -0.05) is 45.9 Å². The zero-order valence-electron chi connectivity index (χ0n) is 16.4. The highest BCUT2D eigenvalue weighted by Gasteiger charge is 2.42. The average Bonchev–Trinajstić information content (AvgIpc) is 2.81. The monoisotopic (exact) mass is 400 g/mol. The number of carbonyl (C=O) groups excluding carboxylic acids is 2. The number of carbonyl (C=O) groups is 2. The van der Waals surface area contributed by atoms with Crippen LogP contribution in [0.1, 0.15) is 43.6 Å². The standard InChI is InChI=1S/C21H24N2O4S/c1-14-13-28(26,27)23(20(14)25)18-7-5-6-15(12-18)19(24)22-17-10-8-16(9-11-17)21(2,3)4/h5-12,14H,13H2,1-4H3,(H,22,24)/t14-/m1/s1. The first-order valence-electron chi connectivity index (χ1n) is 9.08. The summed E-state index contributed by atoms with van der Waals surface area (Å²) < 4.78 is 25.3. The molecule has 1 aliphatic rings. The Hall–Kier alpha value is -2.67. The van der Waals surface area contributed by atoms with Gasteiger partial charge in [-0.3, -0.25) is 9.59 Å². The summed E-state index contributed by atoms with van der Waals surface area (Å²) in [4.78, 5) is 24.9. The van der Waals surface area contributed by atoms with Gasteiger partial charge in [-0.25, -0.2) is 12.7 Å². The molecule has 7 heteroatoms. The largest absolute Gasteiger partial charge is 0.322 e. The van der Waals surface area contributed by atoms with Crippen molar-refractivity contribution in [2.75, 3.05) is 15.4 Å². The second kappa shape index (κ2) is 7.05. The molecule has 0 aliphatic carbocycles. The van der Waals surface area contributed by atoms with Crippen LogP contribution in [-0.4, -0.2) is 26.0 Å². The smallest absolute Gasteiger partial charge is 0.255 e. The van der Waals surface area contributed by atoms with Gasteiger partial charge < -0.3 is 5.32 Å². The lowest BCUT2D eigenvalue weighted by Gasteiger charge is -2.19. The lowest BCUT2D eigenvalue weighted by Crippen LogP contribution is -2.30. The highest BCUT2D eigenvalue weighted by Crippen LogP contribution is 2.29. The molecule has 2 amide bonds. The van der Waals surface area contributed by atoms with E-state index in [1.807, 2.05) is 24.3 Å². The number of nitrogens with one attached hydrogen (secondary N) is 1. The molecule has 2 aromatic carbocycles. The molecule has 148 valence electrons. The molecule has 1 fully saturated rings. The Morgan fingerprint density at radius 1 is 1.11 bits per heavy atom. The molecular weight excluding hydrogens is 376 g/mol. The van der Waals surface area contributed by atoms with Crippen molar-refractivity contribution in [2.24, 2.45) is 5.92 Å². The molecule has 1 aliphatic heterocycles. The Kier molecular flexibility index (Phi) is 5.06. The number of anilines is 2. The summed E-state index contributed by atoms with van der Waals surface area (Å²) in [6.07, 6.45) is 0. The van der Waals surface area contributed by atoms with Gasteiger partial charge in [0.2, 0.25) is 15.9 Å². The summed E-state index contributed by atoms with van der Waals surface area (Å²) in [7, 11) is -3.71. The first-order valence-corrected chi connectivity index (χ1v) is 10.7. The number of rotatable bonds is 3. The average molecular weight is 401 g/mol. The molecule has 1 saturated heterocycles. The predicted molar refractivity (Wildman–Crippen MR) is 110 cm³/mol. The Bertz CT molecular complexity index is 1020. The molecule has 28 heavy (non-hydrogen) atoms. The molecule has 3 rings (SSSR count). The van der Waals surface area contributed by atoms with Crippen LogP contribution in [-0.2, 0) is 20.2 Å². The van der Waals surface area contributed by atoms with Crippen molar-refractivity contribution in [1.29, 1.82) is 0 Å². The van der Waals surface area contributed by atoms with E-state index < -0.39 is 21.8 Å². The maximum Gasteiger partial charge on any atom is 0.255 e. The van der Waals surface area contributed by atoms with Crippen LogP contribution in [0.15, 0.2) is 48.5 Å². The van der Waals surface area contributed by atoms with Crippen molar-refractivity contribution < 1.29 is 18.0 Å². The number of sulfonamides is 1. The van der Waals surface area contributed by atoms with Crippen LogP contribution >= 0.6 is 0 Å². The van der Waals surface area contributed by atoms with Gasteiger partial charge in [0.05, 0.1) is 17.4 Å². The third-order valence-electron chi connectivity index (χ3n) is 4.71. The molecule has 1 N–H and O–H groups in total. The minimum atomic E-state index is -3.71. The topological polar surface area (TPSA) is 83.6 Å². The second-order valence-electron chi connectivity index (χ2n) is 8.11. The van der Waals surface area contributed by atoms with E-state index in [9.17, 15) is 18.0 Å². The Morgan fingerprint density at radius 2 is 1.75 bits per heavy atom. The van der Waals surface area contributed by atoms with Crippen LogP contribution in [0, 0.1) is 5.92 Å². The van der Waals surface area contributed by atoms with E-state index in [1.54, 1.807) is 19.1 Å². The zero-order chi connectivity index (χ0) is 20.7. The van der Waals surface area contributed by atoms with E-state index in [-0.39, 0.29) is 28.3 Å². The van der Waals surface area contributed by atoms with Crippen molar-refractivity contribution in [1.82, 2.24) is 0 Å². The summed E-state index contributed by atoms with van der Waals surface area (Å²) >= 11 is 0. The van der Waals surface area contributed by atoms with Crippen molar-refractivity contribution in [2.45, 2.75) is 33.1 Å². The maximum atomic E-state index is 12.6. The number of nitrogens with zero attached hydrogens (tertiary/aromatic N) is 1. The van der Waals surface area contributed by atoms with Gasteiger partial charge in [-0.2, -0.15) is 0 Å². The van der Waals surface area contributed by atoms with Crippen molar-refractivity contribution in [3.63, 3.8) is 0 Å².